The SMILES string of the molecule is CC(C)(C)c1nc(-c2cccc(-c3ccccc3)c2)nc(-c2ccc(-c3ccccc3)cc2-c2ccccc2)n1. The van der Waals surface area contributed by atoms with Crippen LogP contribution in [-0.2, 0) is 5.41 Å². The Hall–Kier alpha value is -4.89. The monoisotopic (exact) mass is 517 g/mol. The number of nitrogens with zero attached hydrogens (tertiary/aromatic N) is 3. The summed E-state index contributed by atoms with van der Waals surface area (Å²) in [6.45, 7) is 6.44. The number of hydrogen-bond acceptors (Lipinski definition) is 3. The quantitative estimate of drug-likeness (QED) is 0.229. The Morgan fingerprint density at radius 2 is 0.875 bits per heavy atom. The van der Waals surface area contributed by atoms with Crippen molar-refractivity contribution in [3.05, 3.63) is 139 Å². The van der Waals surface area contributed by atoms with E-state index >= 15 is 0 Å². The van der Waals surface area contributed by atoms with Crippen LogP contribution in [0.2, 0.25) is 0 Å². The van der Waals surface area contributed by atoms with Crippen LogP contribution in [0.3, 0.4) is 0 Å². The Morgan fingerprint density at radius 1 is 0.375 bits per heavy atom. The minimum Gasteiger partial charge on any atom is -0.212 e. The lowest BCUT2D eigenvalue weighted by atomic mass is 9.93. The second-order valence-electron chi connectivity index (χ2n) is 11.0. The van der Waals surface area contributed by atoms with Crippen molar-refractivity contribution in [3.63, 3.8) is 0 Å². The maximum Gasteiger partial charge on any atom is 0.164 e. The molecule has 1 aromatic heterocycles. The Labute approximate surface area is 236 Å². The zero-order valence-electron chi connectivity index (χ0n) is 23.0. The maximum atomic E-state index is 5.09. The van der Waals surface area contributed by atoms with E-state index < -0.39 is 0 Å². The Kier molecular flexibility index (Phi) is 6.79. The second kappa shape index (κ2) is 10.7. The number of hydrogen-bond donors (Lipinski definition) is 0. The van der Waals surface area contributed by atoms with E-state index in [1.54, 1.807) is 0 Å². The lowest BCUT2D eigenvalue weighted by Crippen LogP contribution is -2.18. The van der Waals surface area contributed by atoms with Gasteiger partial charge in [0.15, 0.2) is 11.6 Å². The van der Waals surface area contributed by atoms with Gasteiger partial charge in [-0.3, -0.25) is 0 Å². The van der Waals surface area contributed by atoms with E-state index in [1.165, 1.54) is 5.56 Å². The first kappa shape index (κ1) is 25.4. The molecule has 0 bridgehead atoms. The van der Waals surface area contributed by atoms with Crippen molar-refractivity contribution in [1.82, 2.24) is 15.0 Å². The molecule has 6 rings (SSSR count). The molecular formula is C37H31N3. The highest BCUT2D eigenvalue weighted by atomic mass is 15.0. The van der Waals surface area contributed by atoms with Crippen LogP contribution in [0.5, 0.6) is 0 Å². The predicted molar refractivity (Wildman–Crippen MR) is 166 cm³/mol. The molecule has 0 unspecified atom stereocenters. The van der Waals surface area contributed by atoms with Crippen LogP contribution in [0.4, 0.5) is 0 Å². The molecule has 194 valence electrons. The summed E-state index contributed by atoms with van der Waals surface area (Å²) in [6.07, 6.45) is 0. The summed E-state index contributed by atoms with van der Waals surface area (Å²) < 4.78 is 0. The smallest absolute Gasteiger partial charge is 0.164 e. The Bertz CT molecular complexity index is 1750. The van der Waals surface area contributed by atoms with E-state index in [2.05, 4.69) is 136 Å². The minimum absolute atomic E-state index is 0.250. The van der Waals surface area contributed by atoms with Crippen molar-refractivity contribution in [2.75, 3.05) is 0 Å². The third-order valence-electron chi connectivity index (χ3n) is 6.99. The molecule has 0 spiro atoms. The Balaban J connectivity index is 1.54. The number of benzene rings is 5. The molecule has 0 aliphatic heterocycles. The van der Waals surface area contributed by atoms with Crippen molar-refractivity contribution in [1.29, 1.82) is 0 Å². The van der Waals surface area contributed by atoms with Crippen molar-refractivity contribution in [2.24, 2.45) is 0 Å². The standard InChI is InChI=1S/C37H31N3/c1-37(2,3)36-39-34(31-21-13-20-29(24-31)26-14-7-4-8-15-26)38-35(40-36)32-23-22-30(27-16-9-5-10-17-27)25-33(32)28-18-11-6-12-19-28/h4-25H,1-3H3. The molecule has 0 saturated heterocycles. The lowest BCUT2D eigenvalue weighted by Gasteiger charge is -2.19. The van der Waals surface area contributed by atoms with Crippen LogP contribution in [-0.4, -0.2) is 15.0 Å². The summed E-state index contributed by atoms with van der Waals surface area (Å²) in [7, 11) is 0. The molecule has 0 amide bonds. The van der Waals surface area contributed by atoms with Gasteiger partial charge in [0.25, 0.3) is 0 Å². The second-order valence-corrected chi connectivity index (χ2v) is 11.0. The zero-order chi connectivity index (χ0) is 27.5. The van der Waals surface area contributed by atoms with Crippen molar-refractivity contribution >= 4 is 0 Å². The minimum atomic E-state index is -0.250. The molecule has 0 saturated carbocycles. The van der Waals surface area contributed by atoms with Gasteiger partial charge in [0.2, 0.25) is 0 Å². The summed E-state index contributed by atoms with van der Waals surface area (Å²) in [5.41, 5.74) is 8.56. The average Bonchev–Trinajstić information content (AvgIpc) is 3.01. The first-order valence-corrected chi connectivity index (χ1v) is 13.6. The van der Waals surface area contributed by atoms with Crippen LogP contribution in [0.1, 0.15) is 26.6 Å². The van der Waals surface area contributed by atoms with Gasteiger partial charge in [-0.05, 0) is 51.6 Å². The van der Waals surface area contributed by atoms with Crippen molar-refractivity contribution < 1.29 is 0 Å². The first-order valence-electron chi connectivity index (χ1n) is 13.6. The van der Waals surface area contributed by atoms with Crippen molar-refractivity contribution in [2.45, 2.75) is 26.2 Å². The van der Waals surface area contributed by atoms with E-state index in [-0.39, 0.29) is 5.41 Å². The van der Waals surface area contributed by atoms with Crippen molar-refractivity contribution in [3.8, 4) is 56.2 Å². The Morgan fingerprint density at radius 3 is 1.48 bits per heavy atom. The van der Waals surface area contributed by atoms with Gasteiger partial charge >= 0.3 is 0 Å². The van der Waals surface area contributed by atoms with Crippen LogP contribution < -0.4 is 0 Å². The molecule has 3 heteroatoms. The van der Waals surface area contributed by atoms with Gasteiger partial charge in [-0.1, -0.05) is 136 Å². The van der Waals surface area contributed by atoms with Gasteiger partial charge in [0, 0.05) is 16.5 Å². The number of rotatable bonds is 5. The zero-order valence-corrected chi connectivity index (χ0v) is 23.0. The van der Waals surface area contributed by atoms with Crippen LogP contribution in [0, 0.1) is 0 Å². The molecular weight excluding hydrogens is 486 g/mol. The van der Waals surface area contributed by atoms with E-state index in [4.69, 9.17) is 15.0 Å². The van der Waals surface area contributed by atoms with E-state index in [0.29, 0.717) is 11.6 Å². The first-order chi connectivity index (χ1) is 19.5. The third-order valence-corrected chi connectivity index (χ3v) is 6.99. The van der Waals surface area contributed by atoms with Gasteiger partial charge in [-0.15, -0.1) is 0 Å². The van der Waals surface area contributed by atoms with Crippen LogP contribution >= 0.6 is 0 Å². The lowest BCUT2D eigenvalue weighted by molar-refractivity contribution is 0.543. The fourth-order valence-electron chi connectivity index (χ4n) is 4.84. The average molecular weight is 518 g/mol. The molecule has 0 atom stereocenters. The third kappa shape index (κ3) is 5.32. The highest BCUT2D eigenvalue weighted by molar-refractivity contribution is 5.85. The van der Waals surface area contributed by atoms with E-state index in [1.807, 2.05) is 18.2 Å². The summed E-state index contributed by atoms with van der Waals surface area (Å²) in [4.78, 5) is 15.1. The highest BCUT2D eigenvalue weighted by Crippen LogP contribution is 2.36. The normalized spacial score (nSPS) is 11.4. The van der Waals surface area contributed by atoms with Gasteiger partial charge in [0.1, 0.15) is 5.82 Å². The molecule has 0 fully saturated rings. The largest absolute Gasteiger partial charge is 0.212 e. The molecule has 0 aliphatic carbocycles. The number of aromatic nitrogens is 3. The molecule has 0 N–H and O–H groups in total. The fourth-order valence-corrected chi connectivity index (χ4v) is 4.84. The molecule has 1 heterocycles. The van der Waals surface area contributed by atoms with Gasteiger partial charge in [-0.25, -0.2) is 15.0 Å². The van der Waals surface area contributed by atoms with E-state index in [0.717, 1.165) is 44.8 Å². The van der Waals surface area contributed by atoms with E-state index in [9.17, 15) is 0 Å². The predicted octanol–water partition coefficient (Wildman–Crippen LogP) is 9.50. The molecule has 40 heavy (non-hydrogen) atoms. The van der Waals surface area contributed by atoms with Gasteiger partial charge in [0.05, 0.1) is 0 Å². The van der Waals surface area contributed by atoms with Gasteiger partial charge in [-0.2, -0.15) is 0 Å². The van der Waals surface area contributed by atoms with Gasteiger partial charge < -0.3 is 0 Å². The molecule has 0 radical (unpaired) electrons. The summed E-state index contributed by atoms with van der Waals surface area (Å²) in [5, 5.41) is 0. The van der Waals surface area contributed by atoms with Crippen LogP contribution in [0.15, 0.2) is 133 Å². The summed E-state index contributed by atoms with van der Waals surface area (Å²) in [5.74, 6) is 2.13. The summed E-state index contributed by atoms with van der Waals surface area (Å²) >= 11 is 0. The molecule has 3 nitrogen and oxygen atoms in total. The maximum absolute atomic E-state index is 5.09. The molecule has 5 aromatic carbocycles. The molecule has 6 aromatic rings. The molecule has 0 aliphatic rings. The summed E-state index contributed by atoms with van der Waals surface area (Å²) in [6, 6.07) is 46.3. The fraction of sp³-hybridized carbons (Fsp3) is 0.108. The van der Waals surface area contributed by atoms with Crippen LogP contribution in [0.25, 0.3) is 56.2 Å². The topological polar surface area (TPSA) is 38.7 Å². The highest BCUT2D eigenvalue weighted by Gasteiger charge is 2.22.